The van der Waals surface area contributed by atoms with E-state index in [4.69, 9.17) is 26.1 Å². The molecule has 0 spiro atoms. The molecule has 0 bridgehead atoms. The van der Waals surface area contributed by atoms with Crippen LogP contribution in [0, 0.1) is 0 Å². The molecule has 0 aliphatic heterocycles. The molecule has 180 valence electrons. The first-order valence-electron chi connectivity index (χ1n) is 11.2. The van der Waals surface area contributed by atoms with E-state index in [2.05, 4.69) is 28.0 Å². The second kappa shape index (κ2) is 11.1. The normalized spacial score (nSPS) is 12.3. The molecule has 35 heavy (non-hydrogen) atoms. The highest BCUT2D eigenvalue weighted by Crippen LogP contribution is 2.29. The van der Waals surface area contributed by atoms with Gasteiger partial charge in [-0.1, -0.05) is 59.6 Å². The summed E-state index contributed by atoms with van der Waals surface area (Å²) in [6.45, 7) is 4.41. The van der Waals surface area contributed by atoms with E-state index in [0.29, 0.717) is 39.9 Å². The first kappa shape index (κ1) is 24.9. The topological polar surface area (TPSA) is 65.7 Å². The first-order chi connectivity index (χ1) is 16.9. The van der Waals surface area contributed by atoms with Gasteiger partial charge in [0.25, 0.3) is 5.56 Å². The molecule has 6 nitrogen and oxygen atoms in total. The second-order valence-electron chi connectivity index (χ2n) is 8.09. The van der Waals surface area contributed by atoms with Gasteiger partial charge in [-0.05, 0) is 54.4 Å². The van der Waals surface area contributed by atoms with E-state index >= 15 is 0 Å². The highest BCUT2D eigenvalue weighted by Gasteiger charge is 2.16. The lowest BCUT2D eigenvalue weighted by molar-refractivity contribution is 0.284. The molecule has 1 atom stereocenters. The Hall–Kier alpha value is -3.16. The predicted octanol–water partition coefficient (Wildman–Crippen LogP) is 6.80. The van der Waals surface area contributed by atoms with Crippen molar-refractivity contribution in [2.24, 2.45) is 5.10 Å². The van der Waals surface area contributed by atoms with Gasteiger partial charge in [0.2, 0.25) is 0 Å². The number of rotatable bonds is 8. The number of fused-ring (bicyclic) bond motifs is 1. The maximum absolute atomic E-state index is 13.3. The molecular formula is C27H25BrClN3O3. The molecule has 0 aliphatic rings. The van der Waals surface area contributed by atoms with E-state index < -0.39 is 0 Å². The van der Waals surface area contributed by atoms with Gasteiger partial charge in [0.05, 0.1) is 24.2 Å². The van der Waals surface area contributed by atoms with Crippen LogP contribution in [0.3, 0.4) is 0 Å². The van der Waals surface area contributed by atoms with Crippen LogP contribution in [0.5, 0.6) is 11.5 Å². The van der Waals surface area contributed by atoms with Gasteiger partial charge in [0.15, 0.2) is 11.5 Å². The van der Waals surface area contributed by atoms with E-state index in [1.165, 1.54) is 4.68 Å². The van der Waals surface area contributed by atoms with Crippen LogP contribution >= 0.6 is 27.5 Å². The monoisotopic (exact) mass is 553 g/mol. The van der Waals surface area contributed by atoms with Crippen LogP contribution < -0.4 is 15.0 Å². The maximum Gasteiger partial charge on any atom is 0.282 e. The summed E-state index contributed by atoms with van der Waals surface area (Å²) < 4.78 is 13.7. The molecule has 0 amide bonds. The maximum atomic E-state index is 13.3. The van der Waals surface area contributed by atoms with E-state index in [-0.39, 0.29) is 11.5 Å². The summed E-state index contributed by atoms with van der Waals surface area (Å²) in [5.74, 6) is 1.81. The minimum atomic E-state index is -0.213. The Morgan fingerprint density at radius 1 is 1.14 bits per heavy atom. The molecule has 0 saturated carbocycles. The Kier molecular flexibility index (Phi) is 7.88. The number of methoxy groups -OCH3 is 1. The third kappa shape index (κ3) is 5.57. The van der Waals surface area contributed by atoms with Crippen LogP contribution in [0.4, 0.5) is 0 Å². The summed E-state index contributed by atoms with van der Waals surface area (Å²) >= 11 is 9.66. The molecule has 8 heteroatoms. The quantitative estimate of drug-likeness (QED) is 0.225. The standard InChI is InChI=1S/C27H25BrClN3O3/c1-4-17(2)26-31-23-11-10-20(28)14-21(23)27(33)32(26)30-15-18-9-12-24(25(13-18)34-3)35-16-19-7-5-6-8-22(19)29/h5-15,17H,4,16H2,1-3H3/t17-/m0/s1. The van der Waals surface area contributed by atoms with Crippen molar-refractivity contribution in [3.05, 3.63) is 97.5 Å². The summed E-state index contributed by atoms with van der Waals surface area (Å²) in [6.07, 6.45) is 2.45. The smallest absolute Gasteiger partial charge is 0.282 e. The lowest BCUT2D eigenvalue weighted by Crippen LogP contribution is -2.23. The third-order valence-corrected chi connectivity index (χ3v) is 6.60. The molecule has 4 rings (SSSR count). The van der Waals surface area contributed by atoms with Gasteiger partial charge in [-0.3, -0.25) is 4.79 Å². The largest absolute Gasteiger partial charge is 0.493 e. The van der Waals surface area contributed by atoms with Crippen LogP contribution in [0.1, 0.15) is 43.1 Å². The van der Waals surface area contributed by atoms with E-state index in [1.807, 2.05) is 61.5 Å². The van der Waals surface area contributed by atoms with Crippen LogP contribution in [0.25, 0.3) is 10.9 Å². The third-order valence-electron chi connectivity index (χ3n) is 5.74. The van der Waals surface area contributed by atoms with Gasteiger partial charge in [0.1, 0.15) is 12.4 Å². The van der Waals surface area contributed by atoms with Crippen molar-refractivity contribution < 1.29 is 9.47 Å². The second-order valence-corrected chi connectivity index (χ2v) is 9.42. The fourth-order valence-corrected chi connectivity index (χ4v) is 4.11. The molecule has 3 aromatic carbocycles. The van der Waals surface area contributed by atoms with E-state index in [0.717, 1.165) is 22.0 Å². The fraction of sp³-hybridized carbons (Fsp3) is 0.222. The Bertz CT molecular complexity index is 1450. The summed E-state index contributed by atoms with van der Waals surface area (Å²) in [6, 6.07) is 18.5. The zero-order chi connectivity index (χ0) is 24.9. The molecule has 0 saturated heterocycles. The Morgan fingerprint density at radius 2 is 1.94 bits per heavy atom. The zero-order valence-corrected chi connectivity index (χ0v) is 22.0. The van der Waals surface area contributed by atoms with Gasteiger partial charge in [-0.25, -0.2) is 4.98 Å². The number of ether oxygens (including phenoxy) is 2. The van der Waals surface area contributed by atoms with Crippen LogP contribution in [0.15, 0.2) is 75.0 Å². The summed E-state index contributed by atoms with van der Waals surface area (Å²) in [7, 11) is 1.58. The Labute approximate surface area is 217 Å². The average molecular weight is 555 g/mol. The molecule has 4 aromatic rings. The summed E-state index contributed by atoms with van der Waals surface area (Å²) in [5.41, 5.74) is 2.08. The lowest BCUT2D eigenvalue weighted by atomic mass is 10.1. The Balaban J connectivity index is 1.66. The number of hydrogen-bond acceptors (Lipinski definition) is 5. The summed E-state index contributed by atoms with van der Waals surface area (Å²) in [4.78, 5) is 18.0. The van der Waals surface area contributed by atoms with Crippen molar-refractivity contribution in [2.45, 2.75) is 32.8 Å². The van der Waals surface area contributed by atoms with Crippen LogP contribution in [-0.4, -0.2) is 23.0 Å². The first-order valence-corrected chi connectivity index (χ1v) is 12.4. The molecule has 0 fully saturated rings. The average Bonchev–Trinajstić information content (AvgIpc) is 2.87. The molecule has 0 aliphatic carbocycles. The number of hydrogen-bond donors (Lipinski definition) is 0. The van der Waals surface area contributed by atoms with Gasteiger partial charge in [-0.2, -0.15) is 9.78 Å². The molecule has 1 aromatic heterocycles. The highest BCUT2D eigenvalue weighted by atomic mass is 79.9. The van der Waals surface area contributed by atoms with Crippen LogP contribution in [-0.2, 0) is 6.61 Å². The SMILES string of the molecule is CC[C@H](C)c1nc2ccc(Br)cc2c(=O)n1N=Cc1ccc(OCc2ccccc2Cl)c(OC)c1. The molecule has 1 heterocycles. The van der Waals surface area contributed by atoms with Crippen molar-refractivity contribution in [3.8, 4) is 11.5 Å². The number of halogens is 2. The minimum Gasteiger partial charge on any atom is -0.493 e. The zero-order valence-electron chi connectivity index (χ0n) is 19.7. The van der Waals surface area contributed by atoms with Crippen molar-refractivity contribution in [1.29, 1.82) is 0 Å². The molecule has 0 N–H and O–H groups in total. The predicted molar refractivity (Wildman–Crippen MR) is 144 cm³/mol. The molecule has 0 radical (unpaired) electrons. The minimum absolute atomic E-state index is 0.0584. The Morgan fingerprint density at radius 3 is 2.69 bits per heavy atom. The van der Waals surface area contributed by atoms with Crippen molar-refractivity contribution in [3.63, 3.8) is 0 Å². The fourth-order valence-electron chi connectivity index (χ4n) is 3.56. The van der Waals surface area contributed by atoms with Crippen LogP contribution in [0.2, 0.25) is 5.02 Å². The van der Waals surface area contributed by atoms with E-state index in [9.17, 15) is 4.79 Å². The number of aromatic nitrogens is 2. The van der Waals surface area contributed by atoms with Crippen molar-refractivity contribution in [2.75, 3.05) is 7.11 Å². The number of benzene rings is 3. The van der Waals surface area contributed by atoms with Gasteiger partial charge < -0.3 is 9.47 Å². The van der Waals surface area contributed by atoms with Gasteiger partial charge in [0, 0.05) is 21.0 Å². The van der Waals surface area contributed by atoms with E-state index in [1.54, 1.807) is 19.4 Å². The lowest BCUT2D eigenvalue weighted by Gasteiger charge is -2.14. The van der Waals surface area contributed by atoms with Gasteiger partial charge in [-0.15, -0.1) is 0 Å². The summed E-state index contributed by atoms with van der Waals surface area (Å²) in [5, 5.41) is 5.67. The highest BCUT2D eigenvalue weighted by molar-refractivity contribution is 9.10. The van der Waals surface area contributed by atoms with Crippen molar-refractivity contribution in [1.82, 2.24) is 9.66 Å². The molecular weight excluding hydrogens is 530 g/mol. The molecule has 0 unspecified atom stereocenters. The number of nitrogens with zero attached hydrogens (tertiary/aromatic N) is 3. The van der Waals surface area contributed by atoms with Gasteiger partial charge >= 0.3 is 0 Å². The van der Waals surface area contributed by atoms with Crippen molar-refractivity contribution >= 4 is 44.6 Å².